The van der Waals surface area contributed by atoms with Gasteiger partial charge in [-0.05, 0) is 43.9 Å². The molecule has 0 fully saturated rings. The number of carbonyl (C=O) groups excluding carboxylic acids is 1. The maximum atomic E-state index is 12.0. The van der Waals surface area contributed by atoms with E-state index in [1.807, 2.05) is 39.0 Å². The monoisotopic (exact) mass is 294 g/mol. The number of aryl methyl sites for hydroxylation is 2. The second-order valence-corrected chi connectivity index (χ2v) is 5.31. The summed E-state index contributed by atoms with van der Waals surface area (Å²) in [6.45, 7) is 6.42. The van der Waals surface area contributed by atoms with Crippen LogP contribution in [0.15, 0.2) is 18.2 Å². The summed E-state index contributed by atoms with van der Waals surface area (Å²) in [5.41, 5.74) is 3.44. The highest BCUT2D eigenvalue weighted by Gasteiger charge is 2.16. The Morgan fingerprint density at radius 3 is 2.43 bits per heavy atom. The van der Waals surface area contributed by atoms with Crippen LogP contribution < -0.4 is 10.6 Å². The van der Waals surface area contributed by atoms with Gasteiger partial charge >= 0.3 is 6.03 Å². The molecule has 5 nitrogen and oxygen atoms in total. The van der Waals surface area contributed by atoms with Gasteiger partial charge in [0, 0.05) is 13.7 Å². The first-order valence-corrected chi connectivity index (χ1v) is 7.22. The fourth-order valence-corrected chi connectivity index (χ4v) is 2.48. The molecule has 21 heavy (non-hydrogen) atoms. The molecule has 0 saturated heterocycles. The SMILES string of the molecule is COCC[C@@H](CO)NC(=O)N[C@@H](C)c1c(C)cccc1C. The fraction of sp³-hybridized carbons (Fsp3) is 0.562. The molecule has 0 aliphatic rings. The molecule has 5 heteroatoms. The smallest absolute Gasteiger partial charge is 0.315 e. The maximum Gasteiger partial charge on any atom is 0.315 e. The Bertz CT molecular complexity index is 443. The summed E-state index contributed by atoms with van der Waals surface area (Å²) in [5, 5.41) is 14.9. The van der Waals surface area contributed by atoms with E-state index in [1.165, 1.54) is 0 Å². The average Bonchev–Trinajstić information content (AvgIpc) is 2.43. The Hall–Kier alpha value is -1.59. The van der Waals surface area contributed by atoms with Gasteiger partial charge in [0.15, 0.2) is 0 Å². The minimum Gasteiger partial charge on any atom is -0.394 e. The van der Waals surface area contributed by atoms with E-state index in [0.29, 0.717) is 13.0 Å². The van der Waals surface area contributed by atoms with E-state index in [0.717, 1.165) is 16.7 Å². The largest absolute Gasteiger partial charge is 0.394 e. The van der Waals surface area contributed by atoms with Crippen molar-refractivity contribution in [1.82, 2.24) is 10.6 Å². The van der Waals surface area contributed by atoms with Gasteiger partial charge in [-0.1, -0.05) is 18.2 Å². The van der Waals surface area contributed by atoms with E-state index in [9.17, 15) is 9.90 Å². The fourth-order valence-electron chi connectivity index (χ4n) is 2.48. The van der Waals surface area contributed by atoms with E-state index in [4.69, 9.17) is 4.74 Å². The second-order valence-electron chi connectivity index (χ2n) is 5.31. The molecular weight excluding hydrogens is 268 g/mol. The number of nitrogens with one attached hydrogen (secondary N) is 2. The third-order valence-electron chi connectivity index (χ3n) is 3.55. The van der Waals surface area contributed by atoms with E-state index >= 15 is 0 Å². The van der Waals surface area contributed by atoms with Gasteiger partial charge in [0.05, 0.1) is 18.7 Å². The van der Waals surface area contributed by atoms with Crippen LogP contribution >= 0.6 is 0 Å². The summed E-state index contributed by atoms with van der Waals surface area (Å²) < 4.78 is 4.95. The predicted molar refractivity (Wildman–Crippen MR) is 83.4 cm³/mol. The standard InChI is InChI=1S/C16H26N2O3/c1-11-6-5-7-12(2)15(11)13(3)17-16(20)18-14(10-19)8-9-21-4/h5-7,13-14,19H,8-10H2,1-4H3,(H2,17,18,20)/t13-,14-/m0/s1. The minimum absolute atomic E-state index is 0.0898. The van der Waals surface area contributed by atoms with Crippen LogP contribution in [0.2, 0.25) is 0 Å². The van der Waals surface area contributed by atoms with Crippen molar-refractivity contribution < 1.29 is 14.6 Å². The lowest BCUT2D eigenvalue weighted by molar-refractivity contribution is 0.159. The van der Waals surface area contributed by atoms with Gasteiger partial charge < -0.3 is 20.5 Å². The molecule has 0 saturated carbocycles. The molecule has 0 aliphatic heterocycles. The number of ether oxygens (including phenoxy) is 1. The quantitative estimate of drug-likeness (QED) is 0.721. The van der Waals surface area contributed by atoms with Crippen LogP contribution in [0.3, 0.4) is 0 Å². The molecule has 0 aromatic heterocycles. The third kappa shape index (κ3) is 5.36. The second kappa shape index (κ2) is 8.64. The molecule has 0 heterocycles. The van der Waals surface area contributed by atoms with E-state index in [2.05, 4.69) is 10.6 Å². The van der Waals surface area contributed by atoms with Crippen molar-refractivity contribution in [3.8, 4) is 0 Å². The number of hydrogen-bond donors (Lipinski definition) is 3. The van der Waals surface area contributed by atoms with Crippen LogP contribution in [0.1, 0.15) is 36.1 Å². The number of carbonyl (C=O) groups is 1. The number of methoxy groups -OCH3 is 1. The summed E-state index contributed by atoms with van der Waals surface area (Å²) in [5.74, 6) is 0. The topological polar surface area (TPSA) is 70.6 Å². The van der Waals surface area contributed by atoms with Crippen molar-refractivity contribution in [2.45, 2.75) is 39.3 Å². The summed E-state index contributed by atoms with van der Waals surface area (Å²) in [4.78, 5) is 12.0. The van der Waals surface area contributed by atoms with Crippen molar-refractivity contribution in [3.63, 3.8) is 0 Å². The lowest BCUT2D eigenvalue weighted by atomic mass is 9.97. The highest BCUT2D eigenvalue weighted by atomic mass is 16.5. The molecule has 0 unspecified atom stereocenters. The molecule has 0 aliphatic carbocycles. The van der Waals surface area contributed by atoms with Crippen LogP contribution in [0, 0.1) is 13.8 Å². The first kappa shape index (κ1) is 17.5. The molecule has 118 valence electrons. The molecule has 1 rings (SSSR count). The van der Waals surface area contributed by atoms with E-state index < -0.39 is 0 Å². The van der Waals surface area contributed by atoms with Gasteiger partial charge in [0.1, 0.15) is 0 Å². The summed E-state index contributed by atoms with van der Waals surface area (Å²) in [6.07, 6.45) is 0.582. The summed E-state index contributed by atoms with van der Waals surface area (Å²) in [7, 11) is 1.59. The average molecular weight is 294 g/mol. The van der Waals surface area contributed by atoms with Crippen molar-refractivity contribution >= 4 is 6.03 Å². The lowest BCUT2D eigenvalue weighted by Gasteiger charge is -2.22. The Balaban J connectivity index is 2.61. The summed E-state index contributed by atoms with van der Waals surface area (Å²) >= 11 is 0. The number of amides is 2. The van der Waals surface area contributed by atoms with Gasteiger partial charge in [-0.15, -0.1) is 0 Å². The van der Waals surface area contributed by atoms with Crippen LogP contribution in [0.4, 0.5) is 4.79 Å². The number of hydrogen-bond acceptors (Lipinski definition) is 3. The molecule has 0 bridgehead atoms. The minimum atomic E-state index is -0.296. The molecule has 3 N–H and O–H groups in total. The van der Waals surface area contributed by atoms with Crippen LogP contribution in [0.25, 0.3) is 0 Å². The van der Waals surface area contributed by atoms with Crippen molar-refractivity contribution in [3.05, 3.63) is 34.9 Å². The highest BCUT2D eigenvalue weighted by Crippen LogP contribution is 2.21. The molecule has 2 atom stereocenters. The zero-order valence-electron chi connectivity index (χ0n) is 13.3. The first-order chi connectivity index (χ1) is 9.99. The van der Waals surface area contributed by atoms with Gasteiger partial charge in [-0.3, -0.25) is 0 Å². The first-order valence-electron chi connectivity index (χ1n) is 7.22. The van der Waals surface area contributed by atoms with Crippen molar-refractivity contribution in [1.29, 1.82) is 0 Å². The Labute approximate surface area is 126 Å². The number of urea groups is 1. The Kier molecular flexibility index (Phi) is 7.19. The van der Waals surface area contributed by atoms with Gasteiger partial charge in [0.2, 0.25) is 0 Å². The summed E-state index contributed by atoms with van der Waals surface area (Å²) in [6, 6.07) is 5.41. The predicted octanol–water partition coefficient (Wildman–Crippen LogP) is 2.06. The highest BCUT2D eigenvalue weighted by molar-refractivity contribution is 5.74. The maximum absolute atomic E-state index is 12.0. The normalized spacial score (nSPS) is 13.6. The van der Waals surface area contributed by atoms with Crippen molar-refractivity contribution in [2.24, 2.45) is 0 Å². The van der Waals surface area contributed by atoms with Crippen LogP contribution in [-0.2, 0) is 4.74 Å². The van der Waals surface area contributed by atoms with Gasteiger partial charge in [-0.2, -0.15) is 0 Å². The lowest BCUT2D eigenvalue weighted by Crippen LogP contribution is -2.45. The zero-order chi connectivity index (χ0) is 15.8. The van der Waals surface area contributed by atoms with Gasteiger partial charge in [-0.25, -0.2) is 4.79 Å². The van der Waals surface area contributed by atoms with E-state index in [-0.39, 0.29) is 24.7 Å². The van der Waals surface area contributed by atoms with Crippen LogP contribution in [0.5, 0.6) is 0 Å². The molecule has 0 spiro atoms. The number of aliphatic hydroxyl groups is 1. The number of aliphatic hydroxyl groups excluding tert-OH is 1. The Morgan fingerprint density at radius 1 is 1.29 bits per heavy atom. The molecule has 2 amide bonds. The number of benzene rings is 1. The zero-order valence-corrected chi connectivity index (χ0v) is 13.3. The number of rotatable bonds is 7. The molecule has 1 aromatic rings. The molecular formula is C16H26N2O3. The van der Waals surface area contributed by atoms with Crippen LogP contribution in [-0.4, -0.2) is 37.5 Å². The Morgan fingerprint density at radius 2 is 1.90 bits per heavy atom. The van der Waals surface area contributed by atoms with Gasteiger partial charge in [0.25, 0.3) is 0 Å². The molecule has 1 aromatic carbocycles. The van der Waals surface area contributed by atoms with E-state index in [1.54, 1.807) is 7.11 Å². The molecule has 0 radical (unpaired) electrons. The van der Waals surface area contributed by atoms with Crippen molar-refractivity contribution in [2.75, 3.05) is 20.3 Å². The third-order valence-corrected chi connectivity index (χ3v) is 3.55.